The van der Waals surface area contributed by atoms with Gasteiger partial charge in [0, 0.05) is 20.0 Å². The van der Waals surface area contributed by atoms with Crippen molar-refractivity contribution < 1.29 is 0 Å². The molecule has 0 aliphatic heterocycles. The van der Waals surface area contributed by atoms with Gasteiger partial charge < -0.3 is 9.88 Å². The molecule has 18 heavy (non-hydrogen) atoms. The van der Waals surface area contributed by atoms with Crippen LogP contribution in [0.4, 0.5) is 5.82 Å². The van der Waals surface area contributed by atoms with Crippen molar-refractivity contribution in [3.63, 3.8) is 0 Å². The van der Waals surface area contributed by atoms with Crippen molar-refractivity contribution in [1.82, 2.24) is 24.7 Å². The lowest BCUT2D eigenvalue weighted by molar-refractivity contribution is 0.787. The van der Waals surface area contributed by atoms with Crippen LogP contribution < -0.4 is 5.32 Å². The first-order valence-corrected chi connectivity index (χ1v) is 6.47. The van der Waals surface area contributed by atoms with Gasteiger partial charge in [0.1, 0.15) is 24.3 Å². The minimum atomic E-state index is 0.774. The van der Waals surface area contributed by atoms with E-state index in [1.54, 1.807) is 24.0 Å². The summed E-state index contributed by atoms with van der Waals surface area (Å²) in [5.41, 5.74) is 0.983. The van der Waals surface area contributed by atoms with Gasteiger partial charge in [-0.3, -0.25) is 0 Å². The summed E-state index contributed by atoms with van der Waals surface area (Å²) in [6.07, 6.45) is 4.10. The zero-order chi connectivity index (χ0) is 12.4. The molecule has 7 heteroatoms. The van der Waals surface area contributed by atoms with E-state index < -0.39 is 0 Å². The SMILES string of the molecule is Cn1cnnc1CCNc1ncnc2ccsc12. The maximum atomic E-state index is 4.27. The second kappa shape index (κ2) is 4.69. The third-order valence-electron chi connectivity index (χ3n) is 2.69. The third kappa shape index (κ3) is 2.04. The summed E-state index contributed by atoms with van der Waals surface area (Å²) in [6.45, 7) is 0.774. The Kier molecular flexibility index (Phi) is 2.89. The monoisotopic (exact) mass is 260 g/mol. The molecule has 3 aromatic rings. The molecule has 3 heterocycles. The van der Waals surface area contributed by atoms with E-state index in [4.69, 9.17) is 0 Å². The fourth-order valence-corrected chi connectivity index (χ4v) is 2.55. The van der Waals surface area contributed by atoms with E-state index in [-0.39, 0.29) is 0 Å². The first-order chi connectivity index (χ1) is 8.84. The summed E-state index contributed by atoms with van der Waals surface area (Å²) in [5, 5.41) is 13.2. The molecule has 92 valence electrons. The van der Waals surface area contributed by atoms with Gasteiger partial charge in [0.2, 0.25) is 0 Å². The number of anilines is 1. The van der Waals surface area contributed by atoms with Crippen molar-refractivity contribution in [3.8, 4) is 0 Å². The maximum absolute atomic E-state index is 4.27. The van der Waals surface area contributed by atoms with E-state index >= 15 is 0 Å². The molecule has 0 radical (unpaired) electrons. The standard InChI is InChI=1S/C11H12N6S/c1-17-7-15-16-9(17)2-4-12-11-10-8(3-5-18-10)13-6-14-11/h3,5-7H,2,4H2,1H3,(H,12,13,14). The Bertz CT molecular complexity index is 658. The van der Waals surface area contributed by atoms with Crippen molar-refractivity contribution in [2.45, 2.75) is 6.42 Å². The number of hydrogen-bond donors (Lipinski definition) is 1. The highest BCUT2D eigenvalue weighted by molar-refractivity contribution is 7.17. The van der Waals surface area contributed by atoms with Crippen LogP contribution in [-0.4, -0.2) is 31.3 Å². The molecule has 0 atom stereocenters. The van der Waals surface area contributed by atoms with Gasteiger partial charge in [0.05, 0.1) is 10.2 Å². The quantitative estimate of drug-likeness (QED) is 0.769. The Hall–Kier alpha value is -2.02. The second-order valence-corrected chi connectivity index (χ2v) is 4.81. The lowest BCUT2D eigenvalue weighted by Gasteiger charge is -2.05. The van der Waals surface area contributed by atoms with Gasteiger partial charge >= 0.3 is 0 Å². The molecule has 0 amide bonds. The summed E-state index contributed by atoms with van der Waals surface area (Å²) < 4.78 is 3.01. The molecule has 0 aromatic carbocycles. The van der Waals surface area contributed by atoms with Crippen LogP contribution in [0.5, 0.6) is 0 Å². The van der Waals surface area contributed by atoms with Crippen LogP contribution >= 0.6 is 11.3 Å². The summed E-state index contributed by atoms with van der Waals surface area (Å²) in [6, 6.07) is 2.00. The van der Waals surface area contributed by atoms with Crippen LogP contribution in [0, 0.1) is 0 Å². The number of nitrogens with one attached hydrogen (secondary N) is 1. The van der Waals surface area contributed by atoms with E-state index in [1.165, 1.54) is 0 Å². The maximum Gasteiger partial charge on any atom is 0.147 e. The normalized spacial score (nSPS) is 10.9. The lowest BCUT2D eigenvalue weighted by Crippen LogP contribution is -2.09. The van der Waals surface area contributed by atoms with Crippen molar-refractivity contribution >= 4 is 27.4 Å². The molecule has 0 spiro atoms. The Balaban J connectivity index is 1.70. The van der Waals surface area contributed by atoms with Crippen LogP contribution in [0.3, 0.4) is 0 Å². The number of rotatable bonds is 4. The predicted octanol–water partition coefficient (Wildman–Crippen LogP) is 1.47. The number of nitrogens with zero attached hydrogens (tertiary/aromatic N) is 5. The fraction of sp³-hybridized carbons (Fsp3) is 0.273. The van der Waals surface area contributed by atoms with Crippen LogP contribution in [0.25, 0.3) is 10.2 Å². The van der Waals surface area contributed by atoms with Gasteiger partial charge in [-0.25, -0.2) is 9.97 Å². The molecule has 0 bridgehead atoms. The number of aromatic nitrogens is 5. The average molecular weight is 260 g/mol. The van der Waals surface area contributed by atoms with Crippen molar-refractivity contribution in [1.29, 1.82) is 0 Å². The molecule has 0 saturated heterocycles. The van der Waals surface area contributed by atoms with E-state index in [1.807, 2.05) is 23.1 Å². The lowest BCUT2D eigenvalue weighted by atomic mass is 10.4. The summed E-state index contributed by atoms with van der Waals surface area (Å²) >= 11 is 1.64. The van der Waals surface area contributed by atoms with Gasteiger partial charge in [0.15, 0.2) is 0 Å². The Labute approximate surface area is 108 Å². The van der Waals surface area contributed by atoms with Gasteiger partial charge in [0.25, 0.3) is 0 Å². The van der Waals surface area contributed by atoms with Crippen LogP contribution in [0.15, 0.2) is 24.1 Å². The highest BCUT2D eigenvalue weighted by Crippen LogP contribution is 2.24. The Morgan fingerprint density at radius 2 is 2.33 bits per heavy atom. The molecule has 0 unspecified atom stereocenters. The summed E-state index contributed by atoms with van der Waals surface area (Å²) in [7, 11) is 1.94. The highest BCUT2D eigenvalue weighted by atomic mass is 32.1. The minimum absolute atomic E-state index is 0.774. The first-order valence-electron chi connectivity index (χ1n) is 5.59. The van der Waals surface area contributed by atoms with Gasteiger partial charge in [-0.15, -0.1) is 21.5 Å². The number of aryl methyl sites for hydroxylation is 1. The summed E-state index contributed by atoms with van der Waals surface area (Å²) in [5.74, 6) is 1.84. The number of hydrogen-bond acceptors (Lipinski definition) is 6. The minimum Gasteiger partial charge on any atom is -0.368 e. The molecule has 0 saturated carbocycles. The van der Waals surface area contributed by atoms with Crippen LogP contribution in [0.2, 0.25) is 0 Å². The number of thiophene rings is 1. The van der Waals surface area contributed by atoms with Crippen molar-refractivity contribution in [3.05, 3.63) is 29.9 Å². The zero-order valence-electron chi connectivity index (χ0n) is 9.87. The molecule has 3 rings (SSSR count). The summed E-state index contributed by atoms with van der Waals surface area (Å²) in [4.78, 5) is 8.47. The van der Waals surface area contributed by atoms with E-state index in [9.17, 15) is 0 Å². The van der Waals surface area contributed by atoms with Gasteiger partial charge in [-0.1, -0.05) is 0 Å². The molecular formula is C11H12N6S. The van der Waals surface area contributed by atoms with Crippen LogP contribution in [-0.2, 0) is 13.5 Å². The predicted molar refractivity (Wildman–Crippen MR) is 70.6 cm³/mol. The van der Waals surface area contributed by atoms with Gasteiger partial charge in [-0.2, -0.15) is 0 Å². The Morgan fingerprint density at radius 3 is 3.17 bits per heavy atom. The Morgan fingerprint density at radius 1 is 1.39 bits per heavy atom. The zero-order valence-corrected chi connectivity index (χ0v) is 10.7. The molecule has 6 nitrogen and oxygen atoms in total. The smallest absolute Gasteiger partial charge is 0.147 e. The second-order valence-electron chi connectivity index (χ2n) is 3.89. The fourth-order valence-electron chi connectivity index (χ4n) is 1.74. The molecule has 0 fully saturated rings. The van der Waals surface area contributed by atoms with E-state index in [0.29, 0.717) is 0 Å². The van der Waals surface area contributed by atoms with E-state index in [0.717, 1.165) is 34.8 Å². The first kappa shape index (κ1) is 11.1. The third-order valence-corrected chi connectivity index (χ3v) is 3.60. The average Bonchev–Trinajstić information content (AvgIpc) is 2.99. The van der Waals surface area contributed by atoms with Gasteiger partial charge in [-0.05, 0) is 11.4 Å². The van der Waals surface area contributed by atoms with Crippen molar-refractivity contribution in [2.24, 2.45) is 7.05 Å². The molecular weight excluding hydrogens is 248 g/mol. The molecule has 1 N–H and O–H groups in total. The highest BCUT2D eigenvalue weighted by Gasteiger charge is 2.05. The molecule has 0 aliphatic rings. The number of fused-ring (bicyclic) bond motifs is 1. The van der Waals surface area contributed by atoms with Crippen LogP contribution in [0.1, 0.15) is 5.82 Å². The molecule has 0 aliphatic carbocycles. The van der Waals surface area contributed by atoms with Crippen molar-refractivity contribution in [2.75, 3.05) is 11.9 Å². The molecule has 3 aromatic heterocycles. The van der Waals surface area contributed by atoms with E-state index in [2.05, 4.69) is 25.5 Å². The largest absolute Gasteiger partial charge is 0.368 e. The topological polar surface area (TPSA) is 68.5 Å².